The Hall–Kier alpha value is -1.89. The second-order valence-electron chi connectivity index (χ2n) is 6.01. The van der Waals surface area contributed by atoms with Gasteiger partial charge < -0.3 is 9.64 Å². The van der Waals surface area contributed by atoms with Gasteiger partial charge in [0.25, 0.3) is 5.91 Å². The molecule has 3 rings (SSSR count). The fourth-order valence-corrected chi connectivity index (χ4v) is 4.59. The highest BCUT2D eigenvalue weighted by Crippen LogP contribution is 2.31. The van der Waals surface area contributed by atoms with Gasteiger partial charge in [0, 0.05) is 38.6 Å². The van der Waals surface area contributed by atoms with E-state index in [4.69, 9.17) is 4.74 Å². The minimum Gasteiger partial charge on any atom is -0.385 e. The van der Waals surface area contributed by atoms with Gasteiger partial charge in [-0.3, -0.25) is 4.79 Å². The molecule has 0 aliphatic rings. The molecule has 1 heterocycles. The Kier molecular flexibility index (Phi) is 6.66. The number of carbonyl (C=O) groups is 1. The van der Waals surface area contributed by atoms with Gasteiger partial charge in [-0.25, -0.2) is 4.98 Å². The maximum atomic E-state index is 12.4. The monoisotopic (exact) mass is 386 g/mol. The average Bonchev–Trinajstić information content (AvgIpc) is 3.09. The lowest BCUT2D eigenvalue weighted by molar-refractivity contribution is 0.0779. The molecule has 0 atom stereocenters. The van der Waals surface area contributed by atoms with Crippen LogP contribution in [-0.4, -0.2) is 43.1 Å². The number of amides is 1. The van der Waals surface area contributed by atoms with Crippen molar-refractivity contribution >= 4 is 39.2 Å². The lowest BCUT2D eigenvalue weighted by atomic mass is 10.1. The number of carbonyl (C=O) groups excluding carboxylic acids is 1. The van der Waals surface area contributed by atoms with Gasteiger partial charge in [0.2, 0.25) is 0 Å². The van der Waals surface area contributed by atoms with Crippen LogP contribution in [0, 0.1) is 0 Å². The van der Waals surface area contributed by atoms with Crippen molar-refractivity contribution in [2.75, 3.05) is 27.3 Å². The van der Waals surface area contributed by atoms with Crippen LogP contribution in [0.5, 0.6) is 0 Å². The summed E-state index contributed by atoms with van der Waals surface area (Å²) in [5.41, 5.74) is 2.96. The van der Waals surface area contributed by atoms with Crippen LogP contribution in [0.2, 0.25) is 0 Å². The highest BCUT2D eigenvalue weighted by Gasteiger charge is 2.11. The number of rotatable bonds is 8. The molecule has 3 aromatic rings. The number of aromatic nitrogens is 1. The fourth-order valence-electron chi connectivity index (χ4n) is 2.57. The molecule has 26 heavy (non-hydrogen) atoms. The van der Waals surface area contributed by atoms with E-state index in [0.717, 1.165) is 27.6 Å². The number of thiazole rings is 1. The van der Waals surface area contributed by atoms with E-state index in [9.17, 15) is 4.79 Å². The van der Waals surface area contributed by atoms with E-state index < -0.39 is 0 Å². The number of para-hydroxylation sites is 1. The topological polar surface area (TPSA) is 42.4 Å². The number of hydrogen-bond donors (Lipinski definition) is 0. The molecule has 1 aromatic heterocycles. The summed E-state index contributed by atoms with van der Waals surface area (Å²) in [7, 11) is 3.50. The van der Waals surface area contributed by atoms with Gasteiger partial charge in [0.15, 0.2) is 4.34 Å². The normalized spacial score (nSPS) is 11.0. The Morgan fingerprint density at radius 2 is 1.96 bits per heavy atom. The predicted molar refractivity (Wildman–Crippen MR) is 109 cm³/mol. The Balaban J connectivity index is 1.56. The van der Waals surface area contributed by atoms with Crippen LogP contribution in [0.1, 0.15) is 22.3 Å². The van der Waals surface area contributed by atoms with E-state index >= 15 is 0 Å². The van der Waals surface area contributed by atoms with E-state index in [1.807, 2.05) is 49.5 Å². The number of benzene rings is 2. The smallest absolute Gasteiger partial charge is 0.253 e. The number of nitrogens with zero attached hydrogens (tertiary/aromatic N) is 2. The summed E-state index contributed by atoms with van der Waals surface area (Å²) >= 11 is 3.45. The second-order valence-corrected chi connectivity index (χ2v) is 8.26. The van der Waals surface area contributed by atoms with Gasteiger partial charge in [-0.2, -0.15) is 0 Å². The second kappa shape index (κ2) is 9.16. The van der Waals surface area contributed by atoms with Crippen LogP contribution in [0.15, 0.2) is 52.9 Å². The summed E-state index contributed by atoms with van der Waals surface area (Å²) in [4.78, 5) is 18.8. The number of fused-ring (bicyclic) bond motifs is 1. The molecule has 0 aliphatic heterocycles. The average molecular weight is 387 g/mol. The maximum Gasteiger partial charge on any atom is 0.253 e. The van der Waals surface area contributed by atoms with Crippen molar-refractivity contribution in [3.05, 3.63) is 59.7 Å². The van der Waals surface area contributed by atoms with Crippen LogP contribution >= 0.6 is 23.1 Å². The molecule has 0 saturated heterocycles. The molecule has 2 aromatic carbocycles. The molecule has 0 radical (unpaired) electrons. The number of hydrogen-bond acceptors (Lipinski definition) is 5. The predicted octanol–water partition coefficient (Wildman–Crippen LogP) is 4.70. The first-order valence-corrected chi connectivity index (χ1v) is 10.3. The summed E-state index contributed by atoms with van der Waals surface area (Å²) in [6, 6.07) is 16.1. The molecule has 136 valence electrons. The van der Waals surface area contributed by atoms with Gasteiger partial charge in [-0.15, -0.1) is 11.3 Å². The summed E-state index contributed by atoms with van der Waals surface area (Å²) in [6.07, 6.45) is 0.843. The highest BCUT2D eigenvalue weighted by atomic mass is 32.2. The number of methoxy groups -OCH3 is 1. The summed E-state index contributed by atoms with van der Waals surface area (Å²) < 4.78 is 7.32. The Morgan fingerprint density at radius 1 is 1.19 bits per heavy atom. The van der Waals surface area contributed by atoms with E-state index in [2.05, 4.69) is 11.1 Å². The molecule has 4 nitrogen and oxygen atoms in total. The lowest BCUT2D eigenvalue weighted by Crippen LogP contribution is -2.28. The van der Waals surface area contributed by atoms with Gasteiger partial charge in [0.05, 0.1) is 10.2 Å². The van der Waals surface area contributed by atoms with Crippen LogP contribution in [0.3, 0.4) is 0 Å². The molecular weight excluding hydrogens is 364 g/mol. The quantitative estimate of drug-likeness (QED) is 0.416. The van der Waals surface area contributed by atoms with E-state index in [0.29, 0.717) is 13.2 Å². The largest absolute Gasteiger partial charge is 0.385 e. The van der Waals surface area contributed by atoms with Gasteiger partial charge in [-0.05, 0) is 36.2 Å². The van der Waals surface area contributed by atoms with Crippen molar-refractivity contribution in [3.8, 4) is 0 Å². The van der Waals surface area contributed by atoms with E-state index in [1.54, 1.807) is 35.1 Å². The first kappa shape index (κ1) is 18.9. The van der Waals surface area contributed by atoms with Crippen molar-refractivity contribution < 1.29 is 9.53 Å². The molecule has 0 fully saturated rings. The van der Waals surface area contributed by atoms with Crippen molar-refractivity contribution in [1.82, 2.24) is 9.88 Å². The molecule has 0 N–H and O–H groups in total. The zero-order chi connectivity index (χ0) is 18.4. The van der Waals surface area contributed by atoms with Crippen molar-refractivity contribution in [1.29, 1.82) is 0 Å². The van der Waals surface area contributed by atoms with E-state index in [1.165, 1.54) is 10.3 Å². The number of ether oxygens (including phenoxy) is 1. The fraction of sp³-hybridized carbons (Fsp3) is 0.300. The Morgan fingerprint density at radius 3 is 2.69 bits per heavy atom. The van der Waals surface area contributed by atoms with Gasteiger partial charge >= 0.3 is 0 Å². The minimum absolute atomic E-state index is 0.0477. The van der Waals surface area contributed by atoms with Gasteiger partial charge in [-0.1, -0.05) is 36.0 Å². The first-order chi connectivity index (χ1) is 12.7. The van der Waals surface area contributed by atoms with Crippen molar-refractivity contribution in [2.45, 2.75) is 16.5 Å². The van der Waals surface area contributed by atoms with E-state index in [-0.39, 0.29) is 5.91 Å². The Labute approximate surface area is 162 Å². The van der Waals surface area contributed by atoms with Crippen molar-refractivity contribution in [3.63, 3.8) is 0 Å². The number of thioether (sulfide) groups is 1. The highest BCUT2D eigenvalue weighted by molar-refractivity contribution is 8.00. The molecule has 0 saturated carbocycles. The third-order valence-electron chi connectivity index (χ3n) is 4.03. The molecular formula is C20H22N2O2S2. The lowest BCUT2D eigenvalue weighted by Gasteiger charge is -2.17. The zero-order valence-electron chi connectivity index (χ0n) is 15.0. The minimum atomic E-state index is 0.0477. The molecule has 1 amide bonds. The van der Waals surface area contributed by atoms with Crippen LogP contribution in [0.4, 0.5) is 0 Å². The van der Waals surface area contributed by atoms with Crippen LogP contribution in [-0.2, 0) is 10.5 Å². The molecule has 0 bridgehead atoms. The molecule has 0 spiro atoms. The van der Waals surface area contributed by atoms with Crippen molar-refractivity contribution in [2.24, 2.45) is 0 Å². The first-order valence-electron chi connectivity index (χ1n) is 8.49. The Bertz CT molecular complexity index is 829. The molecule has 0 unspecified atom stereocenters. The summed E-state index contributed by atoms with van der Waals surface area (Å²) in [5, 5.41) is 0. The molecule has 6 heteroatoms. The third-order valence-corrected chi connectivity index (χ3v) is 6.28. The summed E-state index contributed by atoms with van der Waals surface area (Å²) in [6.45, 7) is 1.36. The molecule has 0 aliphatic carbocycles. The van der Waals surface area contributed by atoms with Crippen LogP contribution < -0.4 is 0 Å². The third kappa shape index (κ3) is 4.84. The van der Waals surface area contributed by atoms with Crippen LogP contribution in [0.25, 0.3) is 10.2 Å². The maximum absolute atomic E-state index is 12.4. The summed E-state index contributed by atoms with van der Waals surface area (Å²) in [5.74, 6) is 0.893. The standard InChI is InChI=1S/C20H22N2O2S2/c1-22(12-5-13-24-2)19(23)16-10-8-15(9-11-16)14-25-20-21-17-6-3-4-7-18(17)26-20/h3-4,6-11H,5,12-14H2,1-2H3. The van der Waals surface area contributed by atoms with Gasteiger partial charge in [0.1, 0.15) is 0 Å². The SMILES string of the molecule is COCCCN(C)C(=O)c1ccc(CSc2nc3ccccc3s2)cc1. The zero-order valence-corrected chi connectivity index (χ0v) is 16.6.